The van der Waals surface area contributed by atoms with Gasteiger partial charge in [0.2, 0.25) is 5.91 Å². The number of aromatic amines is 1. The van der Waals surface area contributed by atoms with E-state index in [4.69, 9.17) is 0 Å². The van der Waals surface area contributed by atoms with E-state index in [2.05, 4.69) is 25.5 Å². The van der Waals surface area contributed by atoms with E-state index in [1.165, 1.54) is 6.21 Å². The van der Waals surface area contributed by atoms with Crippen molar-refractivity contribution in [2.75, 3.05) is 0 Å². The maximum Gasteiger partial charge on any atom is 0.270 e. The van der Waals surface area contributed by atoms with E-state index in [1.807, 2.05) is 24.3 Å². The van der Waals surface area contributed by atoms with Gasteiger partial charge in [-0.3, -0.25) is 14.6 Å². The summed E-state index contributed by atoms with van der Waals surface area (Å²) in [5.41, 5.74) is 4.48. The number of amides is 1. The van der Waals surface area contributed by atoms with Crippen LogP contribution in [0.25, 0.3) is 11.0 Å². The van der Waals surface area contributed by atoms with Gasteiger partial charge in [0.1, 0.15) is 5.69 Å². The Balaban J connectivity index is 1.59. The molecule has 0 unspecified atom stereocenters. The van der Waals surface area contributed by atoms with E-state index in [-0.39, 0.29) is 24.3 Å². The zero-order valence-electron chi connectivity index (χ0n) is 12.8. The minimum Gasteiger partial charge on any atom is -0.319 e. The topological polar surface area (TPSA) is 100 Å². The van der Waals surface area contributed by atoms with Gasteiger partial charge in [0.25, 0.3) is 5.56 Å². The number of H-pyrrole nitrogens is 1. The van der Waals surface area contributed by atoms with Crippen molar-refractivity contribution in [1.82, 2.24) is 20.4 Å². The molecular formula is C17H15N5O2. The molecule has 1 aromatic carbocycles. The molecule has 24 heavy (non-hydrogen) atoms. The third-order valence-electron chi connectivity index (χ3n) is 3.33. The fourth-order valence-electron chi connectivity index (χ4n) is 2.15. The Labute approximate surface area is 137 Å². The maximum atomic E-state index is 12.0. The van der Waals surface area contributed by atoms with Crippen LogP contribution in [0.3, 0.4) is 0 Å². The summed E-state index contributed by atoms with van der Waals surface area (Å²) >= 11 is 0. The van der Waals surface area contributed by atoms with Crippen molar-refractivity contribution >= 4 is 23.2 Å². The molecule has 0 saturated carbocycles. The molecule has 0 aliphatic rings. The van der Waals surface area contributed by atoms with Crippen molar-refractivity contribution in [3.63, 3.8) is 0 Å². The molecular weight excluding hydrogens is 306 g/mol. The number of hydrazone groups is 1. The Hall–Kier alpha value is -3.35. The molecule has 1 amide bonds. The highest BCUT2D eigenvalue weighted by Crippen LogP contribution is 2.06. The molecule has 0 atom stereocenters. The van der Waals surface area contributed by atoms with Crippen LogP contribution < -0.4 is 11.0 Å². The predicted octanol–water partition coefficient (Wildman–Crippen LogP) is 1.40. The van der Waals surface area contributed by atoms with Gasteiger partial charge in [-0.2, -0.15) is 5.10 Å². The number of fused-ring (bicyclic) bond motifs is 1. The molecule has 7 nitrogen and oxygen atoms in total. The van der Waals surface area contributed by atoms with Crippen LogP contribution in [0.1, 0.15) is 17.8 Å². The molecule has 0 bridgehead atoms. The molecule has 2 heterocycles. The van der Waals surface area contributed by atoms with Crippen LogP contribution in [0, 0.1) is 0 Å². The number of carbonyl (C=O) groups is 1. The van der Waals surface area contributed by atoms with Crippen molar-refractivity contribution in [2.24, 2.45) is 5.10 Å². The first-order valence-electron chi connectivity index (χ1n) is 7.43. The Kier molecular flexibility index (Phi) is 4.71. The summed E-state index contributed by atoms with van der Waals surface area (Å²) in [5, 5.41) is 3.83. The number of aryl methyl sites for hydroxylation is 1. The van der Waals surface area contributed by atoms with Gasteiger partial charge in [-0.15, -0.1) is 0 Å². The fraction of sp³-hybridized carbons (Fsp3) is 0.118. The first kappa shape index (κ1) is 15.5. The van der Waals surface area contributed by atoms with Gasteiger partial charge in [0, 0.05) is 19.0 Å². The van der Waals surface area contributed by atoms with Gasteiger partial charge in [-0.1, -0.05) is 18.2 Å². The molecule has 120 valence electrons. The summed E-state index contributed by atoms with van der Waals surface area (Å²) in [6, 6.07) is 12.7. The van der Waals surface area contributed by atoms with Crippen molar-refractivity contribution in [1.29, 1.82) is 0 Å². The van der Waals surface area contributed by atoms with Crippen LogP contribution in [0.2, 0.25) is 0 Å². The number of hydrogen-bond acceptors (Lipinski definition) is 5. The first-order valence-corrected chi connectivity index (χ1v) is 7.43. The lowest BCUT2D eigenvalue weighted by atomic mass is 10.2. The molecule has 2 aromatic heterocycles. The Morgan fingerprint density at radius 2 is 2.04 bits per heavy atom. The number of benzene rings is 1. The lowest BCUT2D eigenvalue weighted by molar-refractivity contribution is -0.121. The summed E-state index contributed by atoms with van der Waals surface area (Å²) in [6.07, 6.45) is 3.46. The highest BCUT2D eigenvalue weighted by atomic mass is 16.2. The van der Waals surface area contributed by atoms with E-state index < -0.39 is 0 Å². The standard InChI is InChI=1S/C17H15N5O2/c23-16(22-19-11-12-5-3-4-10-18-12)9-8-15-17(24)21-14-7-2-1-6-13(14)20-15/h1-7,10-11H,8-9H2,(H,21,24)(H,22,23)/b19-11-. The van der Waals surface area contributed by atoms with Gasteiger partial charge in [0.15, 0.2) is 0 Å². The van der Waals surface area contributed by atoms with Crippen LogP contribution in [-0.4, -0.2) is 27.1 Å². The van der Waals surface area contributed by atoms with Gasteiger partial charge >= 0.3 is 0 Å². The molecule has 0 radical (unpaired) electrons. The number of rotatable bonds is 5. The van der Waals surface area contributed by atoms with Gasteiger partial charge < -0.3 is 4.98 Å². The highest BCUT2D eigenvalue weighted by Gasteiger charge is 2.07. The highest BCUT2D eigenvalue weighted by molar-refractivity contribution is 5.81. The van der Waals surface area contributed by atoms with Crippen molar-refractivity contribution < 1.29 is 4.79 Å². The molecule has 3 aromatic rings. The smallest absolute Gasteiger partial charge is 0.270 e. The van der Waals surface area contributed by atoms with E-state index in [9.17, 15) is 9.59 Å². The second kappa shape index (κ2) is 7.28. The van der Waals surface area contributed by atoms with Gasteiger partial charge in [0.05, 0.1) is 22.9 Å². The molecule has 0 saturated heterocycles. The molecule has 3 rings (SSSR count). The quantitative estimate of drug-likeness (QED) is 0.548. The first-order chi connectivity index (χ1) is 11.7. The molecule has 2 N–H and O–H groups in total. The third-order valence-corrected chi connectivity index (χ3v) is 3.33. The Bertz CT molecular complexity index is 934. The largest absolute Gasteiger partial charge is 0.319 e. The minimum atomic E-state index is -0.295. The second-order valence-electron chi connectivity index (χ2n) is 5.08. The number of carbonyl (C=O) groups excluding carboxylic acids is 1. The Morgan fingerprint density at radius 1 is 1.21 bits per heavy atom. The van der Waals surface area contributed by atoms with E-state index in [0.717, 1.165) is 0 Å². The third kappa shape index (κ3) is 3.89. The lowest BCUT2D eigenvalue weighted by Crippen LogP contribution is -2.21. The van der Waals surface area contributed by atoms with E-state index in [0.29, 0.717) is 22.4 Å². The molecule has 0 spiro atoms. The summed E-state index contributed by atoms with van der Waals surface area (Å²) in [6.45, 7) is 0. The maximum absolute atomic E-state index is 12.0. The number of hydrogen-bond donors (Lipinski definition) is 2. The average molecular weight is 321 g/mol. The van der Waals surface area contributed by atoms with Gasteiger partial charge in [-0.25, -0.2) is 10.4 Å². The number of aromatic nitrogens is 3. The SMILES string of the molecule is O=C(CCc1nc2ccccc2[nH]c1=O)N/N=C\c1ccccn1. The normalized spacial score (nSPS) is 11.0. The number of nitrogens with zero attached hydrogens (tertiary/aromatic N) is 3. The molecule has 7 heteroatoms. The lowest BCUT2D eigenvalue weighted by Gasteiger charge is -2.02. The van der Waals surface area contributed by atoms with Crippen molar-refractivity contribution in [2.45, 2.75) is 12.8 Å². The predicted molar refractivity (Wildman–Crippen MR) is 90.7 cm³/mol. The van der Waals surface area contributed by atoms with E-state index >= 15 is 0 Å². The number of nitrogens with one attached hydrogen (secondary N) is 2. The molecule has 0 aliphatic carbocycles. The van der Waals surface area contributed by atoms with Crippen molar-refractivity contribution in [3.05, 3.63) is 70.4 Å². The summed E-state index contributed by atoms with van der Waals surface area (Å²) < 4.78 is 0. The fourth-order valence-corrected chi connectivity index (χ4v) is 2.15. The second-order valence-corrected chi connectivity index (χ2v) is 5.08. The summed E-state index contributed by atoms with van der Waals surface area (Å²) in [4.78, 5) is 34.9. The Morgan fingerprint density at radius 3 is 2.88 bits per heavy atom. The van der Waals surface area contributed by atoms with E-state index in [1.54, 1.807) is 24.4 Å². The summed E-state index contributed by atoms with van der Waals surface area (Å²) in [5.74, 6) is -0.295. The zero-order valence-corrected chi connectivity index (χ0v) is 12.8. The minimum absolute atomic E-state index is 0.119. The van der Waals surface area contributed by atoms with Crippen LogP contribution in [-0.2, 0) is 11.2 Å². The van der Waals surface area contributed by atoms with Crippen LogP contribution in [0.15, 0.2) is 58.6 Å². The number of pyridine rings is 1. The summed E-state index contributed by atoms with van der Waals surface area (Å²) in [7, 11) is 0. The van der Waals surface area contributed by atoms with Crippen LogP contribution in [0.4, 0.5) is 0 Å². The number of para-hydroxylation sites is 2. The average Bonchev–Trinajstić information content (AvgIpc) is 2.61. The van der Waals surface area contributed by atoms with Gasteiger partial charge in [-0.05, 0) is 24.3 Å². The zero-order chi connectivity index (χ0) is 16.8. The molecule has 0 aliphatic heterocycles. The van der Waals surface area contributed by atoms with Crippen LogP contribution >= 0.6 is 0 Å². The molecule has 0 fully saturated rings. The van der Waals surface area contributed by atoms with Crippen LogP contribution in [0.5, 0.6) is 0 Å². The monoisotopic (exact) mass is 321 g/mol. The van der Waals surface area contributed by atoms with Crippen molar-refractivity contribution in [3.8, 4) is 0 Å².